The van der Waals surface area contributed by atoms with Crippen LogP contribution in [0.15, 0.2) is 72.6 Å². The fourth-order valence-electron chi connectivity index (χ4n) is 1.90. The van der Waals surface area contributed by atoms with E-state index in [-0.39, 0.29) is 5.82 Å². The topological polar surface area (TPSA) is 50.4 Å². The summed E-state index contributed by atoms with van der Waals surface area (Å²) in [5, 5.41) is 5.19. The molecule has 0 aliphatic carbocycles. The zero-order valence-corrected chi connectivity index (χ0v) is 16.5. The van der Waals surface area contributed by atoms with Crippen LogP contribution in [-0.2, 0) is 6.18 Å². The largest absolute Gasteiger partial charge is 0.447 e. The van der Waals surface area contributed by atoms with Crippen molar-refractivity contribution in [2.24, 2.45) is 5.10 Å². The number of pyridine rings is 1. The minimum Gasteiger partial charge on any atom is -0.447 e. The Morgan fingerprint density at radius 2 is 1.93 bits per heavy atom. The molecule has 3 aromatic rings. The van der Waals surface area contributed by atoms with Gasteiger partial charge in [0.1, 0.15) is 11.6 Å². The van der Waals surface area contributed by atoms with Crippen LogP contribution in [0.1, 0.15) is 11.3 Å². The van der Waals surface area contributed by atoms with Gasteiger partial charge in [0.2, 0.25) is 0 Å². The summed E-state index contributed by atoms with van der Waals surface area (Å²) in [7, 11) is 0. The molecular formula is C17H10BrClF3N3OS. The van der Waals surface area contributed by atoms with Crippen LogP contribution in [0.5, 0.6) is 0 Å². The number of hydrazone groups is 1. The number of nitrogens with zero attached hydrogens (tertiary/aromatic N) is 2. The van der Waals surface area contributed by atoms with Gasteiger partial charge < -0.3 is 4.42 Å². The van der Waals surface area contributed by atoms with Crippen LogP contribution < -0.4 is 5.43 Å². The molecule has 1 aromatic carbocycles. The molecule has 10 heteroatoms. The first kappa shape index (κ1) is 19.8. The monoisotopic (exact) mass is 475 g/mol. The van der Waals surface area contributed by atoms with E-state index in [9.17, 15) is 13.2 Å². The van der Waals surface area contributed by atoms with E-state index in [2.05, 4.69) is 31.4 Å². The third-order valence-electron chi connectivity index (χ3n) is 3.16. The average Bonchev–Trinajstić information content (AvgIpc) is 2.96. The van der Waals surface area contributed by atoms with Crippen LogP contribution in [0.2, 0.25) is 5.02 Å². The Kier molecular flexibility index (Phi) is 6.13. The first-order chi connectivity index (χ1) is 12.8. The standard InChI is InChI=1S/C17H10BrClF3N3OS/c18-14-7-12(26-16(14)27-13-4-2-11(19)3-5-13)9-24-25-15-6-1-10(8-23-15)17(20,21)22/h1-9H,(H,23,25)/b24-9+. The Hall–Kier alpha value is -1.97. The molecule has 0 atom stereocenters. The molecule has 0 spiro atoms. The van der Waals surface area contributed by atoms with Gasteiger partial charge in [-0.05, 0) is 52.3 Å². The second-order valence-electron chi connectivity index (χ2n) is 5.14. The Morgan fingerprint density at radius 3 is 2.56 bits per heavy atom. The van der Waals surface area contributed by atoms with E-state index in [0.717, 1.165) is 21.6 Å². The molecule has 0 unspecified atom stereocenters. The maximum atomic E-state index is 12.5. The number of furan rings is 1. The van der Waals surface area contributed by atoms with Crippen LogP contribution in [0, 0.1) is 0 Å². The van der Waals surface area contributed by atoms with E-state index in [1.807, 2.05) is 12.1 Å². The highest BCUT2D eigenvalue weighted by Gasteiger charge is 2.30. The lowest BCUT2D eigenvalue weighted by atomic mass is 10.3. The number of alkyl halides is 3. The molecule has 4 nitrogen and oxygen atoms in total. The molecule has 0 saturated carbocycles. The van der Waals surface area contributed by atoms with E-state index in [4.69, 9.17) is 16.0 Å². The van der Waals surface area contributed by atoms with Crippen LogP contribution >= 0.6 is 39.3 Å². The number of hydrogen-bond acceptors (Lipinski definition) is 5. The SMILES string of the molecule is FC(F)(F)c1ccc(N/N=C/c2cc(Br)c(Sc3ccc(Cl)cc3)o2)nc1. The lowest BCUT2D eigenvalue weighted by Crippen LogP contribution is -2.05. The molecule has 27 heavy (non-hydrogen) atoms. The van der Waals surface area contributed by atoms with Gasteiger partial charge >= 0.3 is 6.18 Å². The summed E-state index contributed by atoms with van der Waals surface area (Å²) in [6, 6.07) is 11.1. The number of hydrogen-bond donors (Lipinski definition) is 1. The second kappa shape index (κ2) is 8.37. The third-order valence-corrected chi connectivity index (χ3v) is 5.26. The second-order valence-corrected chi connectivity index (χ2v) is 7.48. The maximum absolute atomic E-state index is 12.5. The lowest BCUT2D eigenvalue weighted by Gasteiger charge is -2.06. The normalized spacial score (nSPS) is 11.9. The van der Waals surface area contributed by atoms with E-state index in [1.54, 1.807) is 18.2 Å². The summed E-state index contributed by atoms with van der Waals surface area (Å²) in [5.41, 5.74) is 1.73. The smallest absolute Gasteiger partial charge is 0.417 e. The molecule has 0 bridgehead atoms. The first-order valence-corrected chi connectivity index (χ1v) is 9.35. The fourth-order valence-corrected chi connectivity index (χ4v) is 3.36. The van der Waals surface area contributed by atoms with Crippen molar-refractivity contribution in [2.45, 2.75) is 16.2 Å². The summed E-state index contributed by atoms with van der Waals surface area (Å²) in [6.07, 6.45) is -2.29. The Balaban J connectivity index is 1.63. The van der Waals surface area contributed by atoms with Crippen molar-refractivity contribution in [3.63, 3.8) is 0 Å². The highest BCUT2D eigenvalue weighted by Crippen LogP contribution is 2.36. The number of anilines is 1. The summed E-state index contributed by atoms with van der Waals surface area (Å²) in [6.45, 7) is 0. The molecule has 2 heterocycles. The number of halogens is 5. The van der Waals surface area contributed by atoms with Gasteiger partial charge in [0.15, 0.2) is 5.09 Å². The van der Waals surface area contributed by atoms with Crippen LogP contribution in [0.3, 0.4) is 0 Å². The number of benzene rings is 1. The quantitative estimate of drug-likeness (QED) is 0.329. The molecule has 3 rings (SSSR count). The molecule has 1 N–H and O–H groups in total. The maximum Gasteiger partial charge on any atom is 0.417 e. The van der Waals surface area contributed by atoms with Gasteiger partial charge in [0.25, 0.3) is 0 Å². The summed E-state index contributed by atoms with van der Waals surface area (Å²) < 4.78 is 43.9. The zero-order valence-electron chi connectivity index (χ0n) is 13.3. The Labute approximate surface area is 169 Å². The minimum atomic E-state index is -4.42. The molecule has 140 valence electrons. The van der Waals surface area contributed by atoms with Gasteiger partial charge in [-0.25, -0.2) is 4.98 Å². The van der Waals surface area contributed by atoms with E-state index in [0.29, 0.717) is 15.9 Å². The van der Waals surface area contributed by atoms with Gasteiger partial charge in [0.05, 0.1) is 16.3 Å². The molecular weight excluding hydrogens is 467 g/mol. The fraction of sp³-hybridized carbons (Fsp3) is 0.0588. The Morgan fingerprint density at radius 1 is 1.19 bits per heavy atom. The van der Waals surface area contributed by atoms with Crippen molar-refractivity contribution in [3.05, 3.63) is 69.5 Å². The summed E-state index contributed by atoms with van der Waals surface area (Å²) >= 11 is 10.7. The van der Waals surface area contributed by atoms with E-state index >= 15 is 0 Å². The van der Waals surface area contributed by atoms with Crippen molar-refractivity contribution < 1.29 is 17.6 Å². The van der Waals surface area contributed by atoms with Crippen molar-refractivity contribution in [2.75, 3.05) is 5.43 Å². The molecule has 0 aliphatic heterocycles. The van der Waals surface area contributed by atoms with Gasteiger partial charge in [-0.2, -0.15) is 18.3 Å². The van der Waals surface area contributed by atoms with E-state index in [1.165, 1.54) is 24.0 Å². The molecule has 0 aliphatic rings. The summed E-state index contributed by atoms with van der Waals surface area (Å²) in [4.78, 5) is 4.61. The predicted molar refractivity (Wildman–Crippen MR) is 102 cm³/mol. The molecule has 0 saturated heterocycles. The van der Waals surface area contributed by atoms with Crippen molar-refractivity contribution in [1.29, 1.82) is 0 Å². The lowest BCUT2D eigenvalue weighted by molar-refractivity contribution is -0.137. The van der Waals surface area contributed by atoms with Crippen molar-refractivity contribution >= 4 is 51.3 Å². The van der Waals surface area contributed by atoms with Crippen molar-refractivity contribution in [3.8, 4) is 0 Å². The average molecular weight is 477 g/mol. The summed E-state index contributed by atoms with van der Waals surface area (Å²) in [5.74, 6) is 0.637. The highest BCUT2D eigenvalue weighted by atomic mass is 79.9. The zero-order chi connectivity index (χ0) is 19.4. The number of nitrogens with one attached hydrogen (secondary N) is 1. The predicted octanol–water partition coefficient (Wildman–Crippen LogP) is 6.71. The van der Waals surface area contributed by atoms with Crippen molar-refractivity contribution in [1.82, 2.24) is 4.98 Å². The van der Waals surface area contributed by atoms with Crippen LogP contribution in [0.25, 0.3) is 0 Å². The highest BCUT2D eigenvalue weighted by molar-refractivity contribution is 9.10. The minimum absolute atomic E-state index is 0.181. The van der Waals surface area contributed by atoms with Gasteiger partial charge in [-0.3, -0.25) is 5.43 Å². The van der Waals surface area contributed by atoms with Gasteiger partial charge in [-0.1, -0.05) is 23.4 Å². The van der Waals surface area contributed by atoms with Crippen LogP contribution in [-0.4, -0.2) is 11.2 Å². The van der Waals surface area contributed by atoms with Gasteiger partial charge in [-0.15, -0.1) is 0 Å². The van der Waals surface area contributed by atoms with E-state index < -0.39 is 11.7 Å². The molecule has 0 fully saturated rings. The van der Waals surface area contributed by atoms with Crippen LogP contribution in [0.4, 0.5) is 19.0 Å². The van der Waals surface area contributed by atoms with Gasteiger partial charge in [0, 0.05) is 22.2 Å². The Bertz CT molecular complexity index is 944. The number of aromatic nitrogens is 1. The molecule has 2 aromatic heterocycles. The number of rotatable bonds is 5. The molecule has 0 radical (unpaired) electrons. The molecule has 0 amide bonds. The third kappa shape index (κ3) is 5.50. The first-order valence-electron chi connectivity index (χ1n) is 7.36.